The van der Waals surface area contributed by atoms with Crippen LogP contribution in [0.25, 0.3) is 6.08 Å². The van der Waals surface area contributed by atoms with E-state index in [0.717, 1.165) is 11.3 Å². The predicted octanol–water partition coefficient (Wildman–Crippen LogP) is 3.42. The molecule has 0 unspecified atom stereocenters. The molecule has 0 fully saturated rings. The first-order chi connectivity index (χ1) is 12.4. The first kappa shape index (κ1) is 17.9. The average molecular weight is 374 g/mol. The van der Waals surface area contributed by atoms with Gasteiger partial charge in [-0.1, -0.05) is 17.7 Å². The largest absolute Gasteiger partial charge is 0.306 e. The third kappa shape index (κ3) is 4.18. The van der Waals surface area contributed by atoms with Gasteiger partial charge in [-0.2, -0.15) is 10.2 Å². The Morgan fingerprint density at radius 2 is 2.23 bits per heavy atom. The predicted molar refractivity (Wildman–Crippen MR) is 98.3 cm³/mol. The topological polar surface area (TPSA) is 64.7 Å². The standard InChI is InChI=1S/C18H17ClFN5O/c1-12-8-17(22-18(26)7-6-13-9-21-24(2)10-13)23-25(12)11-14-15(19)4-3-5-16(14)20/h3-10H,11H2,1-2H3,(H,22,23,26)/b7-6+. The Labute approximate surface area is 154 Å². The number of nitrogens with zero attached hydrogens (tertiary/aromatic N) is 4. The quantitative estimate of drug-likeness (QED) is 0.697. The zero-order valence-electron chi connectivity index (χ0n) is 14.3. The summed E-state index contributed by atoms with van der Waals surface area (Å²) in [6, 6.07) is 6.25. The number of carbonyl (C=O) groups excluding carboxylic acids is 1. The zero-order valence-corrected chi connectivity index (χ0v) is 15.0. The molecule has 26 heavy (non-hydrogen) atoms. The molecule has 1 N–H and O–H groups in total. The van der Waals surface area contributed by atoms with Gasteiger partial charge in [0.05, 0.1) is 12.7 Å². The minimum Gasteiger partial charge on any atom is -0.306 e. The van der Waals surface area contributed by atoms with E-state index in [-0.39, 0.29) is 12.5 Å². The van der Waals surface area contributed by atoms with Gasteiger partial charge < -0.3 is 5.32 Å². The number of nitrogens with one attached hydrogen (secondary N) is 1. The van der Waals surface area contributed by atoms with E-state index >= 15 is 0 Å². The normalized spacial score (nSPS) is 11.2. The molecule has 2 heterocycles. The molecule has 0 aliphatic rings. The molecule has 0 saturated heterocycles. The van der Waals surface area contributed by atoms with E-state index < -0.39 is 5.82 Å². The maximum absolute atomic E-state index is 13.9. The summed E-state index contributed by atoms with van der Waals surface area (Å²) in [5.74, 6) is -0.324. The lowest BCUT2D eigenvalue weighted by atomic mass is 10.2. The Hall–Kier alpha value is -2.93. The van der Waals surface area contributed by atoms with Crippen LogP contribution in [0, 0.1) is 12.7 Å². The van der Waals surface area contributed by atoms with Crippen LogP contribution < -0.4 is 5.32 Å². The van der Waals surface area contributed by atoms with Crippen molar-refractivity contribution in [1.82, 2.24) is 19.6 Å². The number of rotatable bonds is 5. The summed E-state index contributed by atoms with van der Waals surface area (Å²) in [4.78, 5) is 12.0. The van der Waals surface area contributed by atoms with Crippen LogP contribution >= 0.6 is 11.6 Å². The fourth-order valence-electron chi connectivity index (χ4n) is 2.43. The molecule has 8 heteroatoms. The third-order valence-corrected chi connectivity index (χ3v) is 4.11. The van der Waals surface area contributed by atoms with Crippen LogP contribution in [-0.2, 0) is 18.4 Å². The highest BCUT2D eigenvalue weighted by molar-refractivity contribution is 6.31. The van der Waals surface area contributed by atoms with Crippen molar-refractivity contribution >= 4 is 29.4 Å². The summed E-state index contributed by atoms with van der Waals surface area (Å²) in [5, 5.41) is 11.3. The number of amides is 1. The first-order valence-electron chi connectivity index (χ1n) is 7.87. The summed E-state index contributed by atoms with van der Waals surface area (Å²) in [6.07, 6.45) is 6.51. The van der Waals surface area contributed by atoms with Crippen molar-refractivity contribution in [3.63, 3.8) is 0 Å². The number of benzene rings is 1. The van der Waals surface area contributed by atoms with Gasteiger partial charge in [-0.15, -0.1) is 0 Å². The maximum atomic E-state index is 13.9. The van der Waals surface area contributed by atoms with Gasteiger partial charge in [0.1, 0.15) is 5.82 Å². The molecule has 1 aromatic carbocycles. The number of carbonyl (C=O) groups is 1. The van der Waals surface area contributed by atoms with Crippen molar-refractivity contribution in [1.29, 1.82) is 0 Å². The van der Waals surface area contributed by atoms with Crippen molar-refractivity contribution in [2.45, 2.75) is 13.5 Å². The van der Waals surface area contributed by atoms with E-state index in [4.69, 9.17) is 11.6 Å². The summed E-state index contributed by atoms with van der Waals surface area (Å²) < 4.78 is 17.2. The maximum Gasteiger partial charge on any atom is 0.249 e. The molecule has 0 radical (unpaired) electrons. The van der Waals surface area contributed by atoms with Gasteiger partial charge in [-0.3, -0.25) is 14.2 Å². The van der Waals surface area contributed by atoms with E-state index in [1.54, 1.807) is 53.1 Å². The molecule has 1 amide bonds. The van der Waals surface area contributed by atoms with Crippen molar-refractivity contribution in [3.05, 3.63) is 70.4 Å². The summed E-state index contributed by atoms with van der Waals surface area (Å²) in [5.41, 5.74) is 1.95. The lowest BCUT2D eigenvalue weighted by Crippen LogP contribution is -2.10. The van der Waals surface area contributed by atoms with E-state index in [9.17, 15) is 9.18 Å². The molecule has 0 aliphatic heterocycles. The van der Waals surface area contributed by atoms with E-state index in [1.165, 1.54) is 12.1 Å². The van der Waals surface area contributed by atoms with Crippen molar-refractivity contribution in [2.24, 2.45) is 7.05 Å². The molecule has 0 bridgehead atoms. The second-order valence-electron chi connectivity index (χ2n) is 5.80. The van der Waals surface area contributed by atoms with E-state index in [0.29, 0.717) is 16.4 Å². The average Bonchev–Trinajstić information content (AvgIpc) is 3.15. The molecule has 0 aliphatic carbocycles. The van der Waals surface area contributed by atoms with Gasteiger partial charge in [0.15, 0.2) is 5.82 Å². The summed E-state index contributed by atoms with van der Waals surface area (Å²) in [7, 11) is 1.80. The molecule has 134 valence electrons. The Morgan fingerprint density at radius 3 is 2.92 bits per heavy atom. The van der Waals surface area contributed by atoms with Crippen LogP contribution in [0.15, 0.2) is 42.7 Å². The second kappa shape index (κ2) is 7.53. The van der Waals surface area contributed by atoms with Gasteiger partial charge in [0, 0.05) is 47.2 Å². The fraction of sp³-hybridized carbons (Fsp3) is 0.167. The highest BCUT2D eigenvalue weighted by Gasteiger charge is 2.12. The monoisotopic (exact) mass is 373 g/mol. The second-order valence-corrected chi connectivity index (χ2v) is 6.21. The number of hydrogen-bond acceptors (Lipinski definition) is 3. The van der Waals surface area contributed by atoms with Crippen molar-refractivity contribution in [3.8, 4) is 0 Å². The lowest BCUT2D eigenvalue weighted by Gasteiger charge is -2.07. The Kier molecular flexibility index (Phi) is 5.18. The molecule has 0 saturated carbocycles. The van der Waals surface area contributed by atoms with E-state index in [2.05, 4.69) is 15.5 Å². The fourth-order valence-corrected chi connectivity index (χ4v) is 2.65. The van der Waals surface area contributed by atoms with Gasteiger partial charge in [-0.25, -0.2) is 4.39 Å². The third-order valence-electron chi connectivity index (χ3n) is 3.75. The zero-order chi connectivity index (χ0) is 18.7. The number of aromatic nitrogens is 4. The van der Waals surface area contributed by atoms with Crippen LogP contribution in [0.5, 0.6) is 0 Å². The molecule has 2 aromatic heterocycles. The molecular weight excluding hydrogens is 357 g/mol. The smallest absolute Gasteiger partial charge is 0.249 e. The molecule has 6 nitrogen and oxygen atoms in total. The Bertz CT molecular complexity index is 956. The number of hydrogen-bond donors (Lipinski definition) is 1. The van der Waals surface area contributed by atoms with Crippen LogP contribution in [-0.4, -0.2) is 25.5 Å². The van der Waals surface area contributed by atoms with Crippen molar-refractivity contribution in [2.75, 3.05) is 5.32 Å². The molecule has 3 rings (SSSR count). The molecule has 0 atom stereocenters. The first-order valence-corrected chi connectivity index (χ1v) is 8.25. The highest BCUT2D eigenvalue weighted by Crippen LogP contribution is 2.21. The van der Waals surface area contributed by atoms with Gasteiger partial charge in [0.25, 0.3) is 0 Å². The Balaban J connectivity index is 1.70. The number of halogens is 2. The minimum atomic E-state index is -0.391. The number of aryl methyl sites for hydroxylation is 2. The molecule has 0 spiro atoms. The van der Waals surface area contributed by atoms with Crippen LogP contribution in [0.2, 0.25) is 5.02 Å². The SMILES string of the molecule is Cc1cc(NC(=O)/C=C/c2cnn(C)c2)nn1Cc1c(F)cccc1Cl. The number of anilines is 1. The summed E-state index contributed by atoms with van der Waals surface area (Å²) >= 11 is 6.06. The van der Waals surface area contributed by atoms with Crippen LogP contribution in [0.1, 0.15) is 16.8 Å². The molecular formula is C18H17ClFN5O. The minimum absolute atomic E-state index is 0.179. The van der Waals surface area contributed by atoms with Crippen LogP contribution in [0.3, 0.4) is 0 Å². The summed E-state index contributed by atoms with van der Waals surface area (Å²) in [6.45, 7) is 2.00. The lowest BCUT2D eigenvalue weighted by molar-refractivity contribution is -0.111. The Morgan fingerprint density at radius 1 is 1.42 bits per heavy atom. The highest BCUT2D eigenvalue weighted by atomic mass is 35.5. The van der Waals surface area contributed by atoms with E-state index in [1.807, 2.05) is 6.92 Å². The van der Waals surface area contributed by atoms with Crippen molar-refractivity contribution < 1.29 is 9.18 Å². The molecule has 3 aromatic rings. The van der Waals surface area contributed by atoms with Crippen LogP contribution in [0.4, 0.5) is 10.2 Å². The van der Waals surface area contributed by atoms with Gasteiger partial charge in [-0.05, 0) is 25.1 Å². The van der Waals surface area contributed by atoms with Gasteiger partial charge >= 0.3 is 0 Å². The van der Waals surface area contributed by atoms with Gasteiger partial charge in [0.2, 0.25) is 5.91 Å².